The second-order valence-electron chi connectivity index (χ2n) is 6.08. The van der Waals surface area contributed by atoms with Crippen LogP contribution in [0.25, 0.3) is 0 Å². The number of hydrogen-bond donors (Lipinski definition) is 1. The van der Waals surface area contributed by atoms with Gasteiger partial charge in [0.25, 0.3) is 0 Å². The van der Waals surface area contributed by atoms with Crippen LogP contribution >= 0.6 is 0 Å². The van der Waals surface area contributed by atoms with E-state index >= 15 is 0 Å². The van der Waals surface area contributed by atoms with Crippen LogP contribution in [0.2, 0.25) is 0 Å². The van der Waals surface area contributed by atoms with Crippen LogP contribution in [0.5, 0.6) is 0 Å². The molecule has 0 spiro atoms. The average Bonchev–Trinajstić information content (AvgIpc) is 3.20. The van der Waals surface area contributed by atoms with Crippen molar-refractivity contribution in [2.24, 2.45) is 7.05 Å². The maximum Gasteiger partial charge on any atom is 0.0643 e. The fourth-order valence-corrected chi connectivity index (χ4v) is 3.29. The summed E-state index contributed by atoms with van der Waals surface area (Å²) >= 11 is 0. The fourth-order valence-electron chi connectivity index (χ4n) is 3.29. The standard InChI is InChI=1S/C16H25N5/c1-12-15(11-18-20(12)3)16(17-2)10-13-8-9-21(19-13)14-6-4-5-7-14/h8-9,11,14,16-17H,4-7,10H2,1-3H3. The first kappa shape index (κ1) is 14.3. The second kappa shape index (κ2) is 6.02. The van der Waals surface area contributed by atoms with Gasteiger partial charge in [-0.15, -0.1) is 0 Å². The van der Waals surface area contributed by atoms with Crippen LogP contribution in [0.3, 0.4) is 0 Å². The number of hydrogen-bond acceptors (Lipinski definition) is 3. The molecule has 2 aromatic rings. The van der Waals surface area contributed by atoms with E-state index in [1.165, 1.54) is 36.9 Å². The number of aryl methyl sites for hydroxylation is 1. The lowest BCUT2D eigenvalue weighted by atomic mass is 10.0. The first-order valence-electron chi connectivity index (χ1n) is 7.89. The molecule has 2 aromatic heterocycles. The number of likely N-dealkylation sites (N-methyl/N-ethyl adjacent to an activating group) is 1. The van der Waals surface area contributed by atoms with Gasteiger partial charge in [0.05, 0.1) is 17.9 Å². The molecule has 1 N–H and O–H groups in total. The third kappa shape index (κ3) is 2.88. The van der Waals surface area contributed by atoms with Crippen molar-refractivity contribution in [2.45, 2.75) is 51.1 Å². The van der Waals surface area contributed by atoms with Crippen molar-refractivity contribution in [3.05, 3.63) is 35.4 Å². The average molecular weight is 287 g/mol. The monoisotopic (exact) mass is 287 g/mol. The molecular formula is C16H25N5. The molecule has 1 aliphatic rings. The Kier molecular flexibility index (Phi) is 4.10. The molecule has 0 aliphatic heterocycles. The Labute approximate surface area is 126 Å². The van der Waals surface area contributed by atoms with Crippen LogP contribution < -0.4 is 5.32 Å². The van der Waals surface area contributed by atoms with Gasteiger partial charge in [-0.1, -0.05) is 12.8 Å². The Morgan fingerprint density at radius 1 is 1.38 bits per heavy atom. The van der Waals surface area contributed by atoms with E-state index in [4.69, 9.17) is 5.10 Å². The van der Waals surface area contributed by atoms with Crippen LogP contribution in [0, 0.1) is 6.92 Å². The topological polar surface area (TPSA) is 47.7 Å². The molecular weight excluding hydrogens is 262 g/mol. The lowest BCUT2D eigenvalue weighted by molar-refractivity contribution is 0.459. The van der Waals surface area contributed by atoms with Gasteiger partial charge in [0.2, 0.25) is 0 Å². The maximum absolute atomic E-state index is 4.79. The number of rotatable bonds is 5. The minimum absolute atomic E-state index is 0.269. The van der Waals surface area contributed by atoms with Gasteiger partial charge in [-0.3, -0.25) is 9.36 Å². The van der Waals surface area contributed by atoms with E-state index in [1.807, 2.05) is 25.0 Å². The van der Waals surface area contributed by atoms with Gasteiger partial charge < -0.3 is 5.32 Å². The molecule has 1 unspecified atom stereocenters. The summed E-state index contributed by atoms with van der Waals surface area (Å²) in [5, 5.41) is 12.5. The minimum Gasteiger partial charge on any atom is -0.313 e. The minimum atomic E-state index is 0.269. The molecule has 0 saturated heterocycles. The molecule has 0 bridgehead atoms. The summed E-state index contributed by atoms with van der Waals surface area (Å²) in [5.74, 6) is 0. The van der Waals surface area contributed by atoms with Crippen molar-refractivity contribution in [1.29, 1.82) is 0 Å². The highest BCUT2D eigenvalue weighted by Gasteiger charge is 2.20. The van der Waals surface area contributed by atoms with E-state index in [0.29, 0.717) is 6.04 Å². The maximum atomic E-state index is 4.79. The number of nitrogens with one attached hydrogen (secondary N) is 1. The quantitative estimate of drug-likeness (QED) is 0.919. The predicted octanol–water partition coefficient (Wildman–Crippen LogP) is 2.54. The molecule has 1 saturated carbocycles. The summed E-state index contributed by atoms with van der Waals surface area (Å²) in [5.41, 5.74) is 3.63. The van der Waals surface area contributed by atoms with Crippen LogP contribution in [0.1, 0.15) is 54.7 Å². The SMILES string of the molecule is CNC(Cc1ccn(C2CCCC2)n1)c1cnn(C)c1C. The van der Waals surface area contributed by atoms with Crippen LogP contribution in [0.4, 0.5) is 0 Å². The Hall–Kier alpha value is -1.62. The Morgan fingerprint density at radius 2 is 2.14 bits per heavy atom. The van der Waals surface area contributed by atoms with E-state index in [0.717, 1.165) is 12.1 Å². The summed E-state index contributed by atoms with van der Waals surface area (Å²) < 4.78 is 4.10. The van der Waals surface area contributed by atoms with Gasteiger partial charge in [-0.25, -0.2) is 0 Å². The third-order valence-electron chi connectivity index (χ3n) is 4.77. The Morgan fingerprint density at radius 3 is 2.76 bits per heavy atom. The van der Waals surface area contributed by atoms with Crippen molar-refractivity contribution in [2.75, 3.05) is 7.05 Å². The second-order valence-corrected chi connectivity index (χ2v) is 6.08. The molecule has 1 atom stereocenters. The van der Waals surface area contributed by atoms with Gasteiger partial charge in [0, 0.05) is 37.0 Å². The Balaban J connectivity index is 1.73. The first-order valence-corrected chi connectivity index (χ1v) is 7.89. The van der Waals surface area contributed by atoms with Crippen LogP contribution in [-0.2, 0) is 13.5 Å². The predicted molar refractivity (Wildman–Crippen MR) is 83.2 cm³/mol. The molecule has 5 heteroatoms. The van der Waals surface area contributed by atoms with Crippen molar-refractivity contribution in [3.63, 3.8) is 0 Å². The van der Waals surface area contributed by atoms with Gasteiger partial charge in [-0.2, -0.15) is 10.2 Å². The lowest BCUT2D eigenvalue weighted by Gasteiger charge is -2.15. The Bertz CT molecular complexity index is 592. The van der Waals surface area contributed by atoms with Crippen LogP contribution in [-0.4, -0.2) is 26.6 Å². The van der Waals surface area contributed by atoms with Gasteiger partial charge in [0.1, 0.15) is 0 Å². The molecule has 1 fully saturated rings. The third-order valence-corrected chi connectivity index (χ3v) is 4.77. The van der Waals surface area contributed by atoms with E-state index in [1.54, 1.807) is 0 Å². The number of nitrogens with zero attached hydrogens (tertiary/aromatic N) is 4. The summed E-state index contributed by atoms with van der Waals surface area (Å²) in [6.07, 6.45) is 10.2. The summed E-state index contributed by atoms with van der Waals surface area (Å²) in [4.78, 5) is 0. The largest absolute Gasteiger partial charge is 0.313 e. The van der Waals surface area contributed by atoms with E-state index in [9.17, 15) is 0 Å². The van der Waals surface area contributed by atoms with Gasteiger partial charge in [-0.05, 0) is 32.9 Å². The summed E-state index contributed by atoms with van der Waals surface area (Å²) in [6.45, 7) is 2.11. The van der Waals surface area contributed by atoms with Crippen molar-refractivity contribution in [1.82, 2.24) is 24.9 Å². The van der Waals surface area contributed by atoms with E-state index in [2.05, 4.69) is 34.3 Å². The highest BCUT2D eigenvalue weighted by atomic mass is 15.3. The highest BCUT2D eigenvalue weighted by Crippen LogP contribution is 2.29. The molecule has 5 nitrogen and oxygen atoms in total. The highest BCUT2D eigenvalue weighted by molar-refractivity contribution is 5.22. The fraction of sp³-hybridized carbons (Fsp3) is 0.625. The number of aromatic nitrogens is 4. The van der Waals surface area contributed by atoms with Crippen molar-refractivity contribution in [3.8, 4) is 0 Å². The van der Waals surface area contributed by atoms with Crippen molar-refractivity contribution < 1.29 is 0 Å². The molecule has 114 valence electrons. The summed E-state index contributed by atoms with van der Waals surface area (Å²) in [7, 11) is 3.99. The zero-order valence-electron chi connectivity index (χ0n) is 13.2. The normalized spacial score (nSPS) is 17.5. The van der Waals surface area contributed by atoms with Gasteiger partial charge >= 0.3 is 0 Å². The zero-order chi connectivity index (χ0) is 14.8. The molecule has 0 amide bonds. The molecule has 2 heterocycles. The van der Waals surface area contributed by atoms with Gasteiger partial charge in [0.15, 0.2) is 0 Å². The molecule has 3 rings (SSSR count). The molecule has 0 radical (unpaired) electrons. The zero-order valence-corrected chi connectivity index (χ0v) is 13.2. The van der Waals surface area contributed by atoms with Crippen molar-refractivity contribution >= 4 is 0 Å². The smallest absolute Gasteiger partial charge is 0.0643 e. The van der Waals surface area contributed by atoms with Crippen LogP contribution in [0.15, 0.2) is 18.5 Å². The van der Waals surface area contributed by atoms with E-state index < -0.39 is 0 Å². The van der Waals surface area contributed by atoms with E-state index in [-0.39, 0.29) is 6.04 Å². The molecule has 0 aromatic carbocycles. The first-order chi connectivity index (χ1) is 10.2. The molecule has 21 heavy (non-hydrogen) atoms. The lowest BCUT2D eigenvalue weighted by Crippen LogP contribution is -2.20. The molecule has 1 aliphatic carbocycles. The summed E-state index contributed by atoms with van der Waals surface area (Å²) in [6, 6.07) is 3.05.